The first kappa shape index (κ1) is 9.61. The van der Waals surface area contributed by atoms with E-state index in [-0.39, 0.29) is 6.61 Å². The number of hydrogen-bond acceptors (Lipinski definition) is 4. The molecule has 0 spiro atoms. The second-order valence-corrected chi connectivity index (χ2v) is 3.64. The lowest BCUT2D eigenvalue weighted by atomic mass is 10.1. The average Bonchev–Trinajstić information content (AvgIpc) is 2.68. The summed E-state index contributed by atoms with van der Waals surface area (Å²) in [5.41, 5.74) is 0.881. The van der Waals surface area contributed by atoms with Crippen molar-refractivity contribution in [2.75, 3.05) is 19.7 Å². The molecule has 1 aromatic heterocycles. The van der Waals surface area contributed by atoms with Crippen LogP contribution in [0.3, 0.4) is 0 Å². The van der Waals surface area contributed by atoms with Gasteiger partial charge in [-0.3, -0.25) is 0 Å². The molecule has 0 bridgehead atoms. The van der Waals surface area contributed by atoms with Gasteiger partial charge < -0.3 is 10.4 Å². The quantitative estimate of drug-likeness (QED) is 0.699. The number of nitrogens with one attached hydrogen (secondary N) is 1. The maximum Gasteiger partial charge on any atom is 0.0850 e. The standard InChI is InChI=1S/C9H16N4O/c14-6-3-8-7-13(12-11-8)9-1-4-10-5-2-9/h7,9-10,14H,1-6H2. The van der Waals surface area contributed by atoms with Crippen molar-refractivity contribution < 1.29 is 5.11 Å². The number of aromatic nitrogens is 3. The van der Waals surface area contributed by atoms with Crippen LogP contribution in [0.1, 0.15) is 24.6 Å². The molecule has 5 heteroatoms. The Bertz CT molecular complexity index is 280. The molecule has 5 nitrogen and oxygen atoms in total. The minimum atomic E-state index is 0.144. The SMILES string of the molecule is OCCc1cn(C2CCNCC2)nn1. The highest BCUT2D eigenvalue weighted by atomic mass is 16.3. The fourth-order valence-electron chi connectivity index (χ4n) is 1.79. The average molecular weight is 196 g/mol. The van der Waals surface area contributed by atoms with Gasteiger partial charge in [-0.05, 0) is 25.9 Å². The zero-order chi connectivity index (χ0) is 9.80. The van der Waals surface area contributed by atoms with E-state index >= 15 is 0 Å². The van der Waals surface area contributed by atoms with Gasteiger partial charge in [0.25, 0.3) is 0 Å². The van der Waals surface area contributed by atoms with Crippen LogP contribution in [0.5, 0.6) is 0 Å². The predicted molar refractivity (Wildman–Crippen MR) is 52.0 cm³/mol. The van der Waals surface area contributed by atoms with Gasteiger partial charge in [-0.1, -0.05) is 5.21 Å². The topological polar surface area (TPSA) is 63.0 Å². The number of nitrogens with zero attached hydrogens (tertiary/aromatic N) is 3. The molecule has 0 aliphatic carbocycles. The summed E-state index contributed by atoms with van der Waals surface area (Å²) in [4.78, 5) is 0. The van der Waals surface area contributed by atoms with Crippen LogP contribution in [0.15, 0.2) is 6.20 Å². The first-order valence-corrected chi connectivity index (χ1v) is 5.12. The molecule has 78 valence electrons. The molecule has 2 heterocycles. The predicted octanol–water partition coefficient (Wildman–Crippen LogP) is -0.263. The van der Waals surface area contributed by atoms with Crippen molar-refractivity contribution >= 4 is 0 Å². The number of aliphatic hydroxyl groups excluding tert-OH is 1. The third-order valence-corrected chi connectivity index (χ3v) is 2.61. The summed E-state index contributed by atoms with van der Waals surface area (Å²) in [5, 5.41) is 20.2. The van der Waals surface area contributed by atoms with E-state index in [1.807, 2.05) is 10.9 Å². The van der Waals surface area contributed by atoms with Gasteiger partial charge in [0.05, 0.1) is 11.7 Å². The molecular weight excluding hydrogens is 180 g/mol. The molecule has 2 rings (SSSR count). The Morgan fingerprint density at radius 3 is 3.00 bits per heavy atom. The van der Waals surface area contributed by atoms with Crippen molar-refractivity contribution in [1.29, 1.82) is 0 Å². The van der Waals surface area contributed by atoms with E-state index in [1.165, 1.54) is 0 Å². The molecule has 0 atom stereocenters. The van der Waals surface area contributed by atoms with Crippen LogP contribution in [-0.4, -0.2) is 39.8 Å². The monoisotopic (exact) mass is 196 g/mol. The summed E-state index contributed by atoms with van der Waals surface area (Å²) >= 11 is 0. The lowest BCUT2D eigenvalue weighted by molar-refractivity contribution is 0.298. The van der Waals surface area contributed by atoms with E-state index in [9.17, 15) is 0 Å². The second-order valence-electron chi connectivity index (χ2n) is 3.64. The maximum absolute atomic E-state index is 8.75. The first-order valence-electron chi connectivity index (χ1n) is 5.12. The van der Waals surface area contributed by atoms with Crippen LogP contribution in [-0.2, 0) is 6.42 Å². The molecule has 1 aliphatic heterocycles. The lowest BCUT2D eigenvalue weighted by Gasteiger charge is -2.22. The van der Waals surface area contributed by atoms with Crippen LogP contribution >= 0.6 is 0 Å². The Morgan fingerprint density at radius 1 is 1.50 bits per heavy atom. The van der Waals surface area contributed by atoms with E-state index in [0.717, 1.165) is 31.6 Å². The molecule has 14 heavy (non-hydrogen) atoms. The second kappa shape index (κ2) is 4.52. The van der Waals surface area contributed by atoms with Gasteiger partial charge >= 0.3 is 0 Å². The van der Waals surface area contributed by atoms with Crippen molar-refractivity contribution in [1.82, 2.24) is 20.3 Å². The fourth-order valence-corrected chi connectivity index (χ4v) is 1.79. The highest BCUT2D eigenvalue weighted by Gasteiger charge is 2.15. The summed E-state index contributed by atoms with van der Waals surface area (Å²) in [6.07, 6.45) is 4.78. The van der Waals surface area contributed by atoms with Crippen LogP contribution < -0.4 is 5.32 Å². The Balaban J connectivity index is 2.00. The maximum atomic E-state index is 8.75. The van der Waals surface area contributed by atoms with Crippen LogP contribution in [0, 0.1) is 0 Å². The van der Waals surface area contributed by atoms with Crippen molar-refractivity contribution in [2.24, 2.45) is 0 Å². The normalized spacial score (nSPS) is 18.6. The number of rotatable bonds is 3. The van der Waals surface area contributed by atoms with E-state index in [4.69, 9.17) is 5.11 Å². The van der Waals surface area contributed by atoms with E-state index < -0.39 is 0 Å². The number of hydrogen-bond donors (Lipinski definition) is 2. The van der Waals surface area contributed by atoms with Crippen molar-refractivity contribution in [2.45, 2.75) is 25.3 Å². The van der Waals surface area contributed by atoms with Gasteiger partial charge in [-0.2, -0.15) is 0 Å². The summed E-state index contributed by atoms with van der Waals surface area (Å²) in [6.45, 7) is 2.25. The molecule has 2 N–H and O–H groups in total. The molecule has 0 aromatic carbocycles. The third kappa shape index (κ3) is 2.10. The minimum Gasteiger partial charge on any atom is -0.396 e. The van der Waals surface area contributed by atoms with Crippen molar-refractivity contribution in [3.05, 3.63) is 11.9 Å². The van der Waals surface area contributed by atoms with Gasteiger partial charge in [0, 0.05) is 19.2 Å². The highest BCUT2D eigenvalue weighted by molar-refractivity contribution is 4.94. The van der Waals surface area contributed by atoms with Crippen LogP contribution in [0.4, 0.5) is 0 Å². The summed E-state index contributed by atoms with van der Waals surface area (Å²) in [5.74, 6) is 0. The zero-order valence-corrected chi connectivity index (χ0v) is 8.19. The Hall–Kier alpha value is -0.940. The van der Waals surface area contributed by atoms with Gasteiger partial charge in [0.2, 0.25) is 0 Å². The number of piperidine rings is 1. The summed E-state index contributed by atoms with van der Waals surface area (Å²) in [6, 6.07) is 0.483. The smallest absolute Gasteiger partial charge is 0.0850 e. The third-order valence-electron chi connectivity index (χ3n) is 2.61. The molecule has 1 fully saturated rings. The van der Waals surface area contributed by atoms with Crippen molar-refractivity contribution in [3.8, 4) is 0 Å². The van der Waals surface area contributed by atoms with Crippen molar-refractivity contribution in [3.63, 3.8) is 0 Å². The van der Waals surface area contributed by atoms with Gasteiger partial charge in [-0.25, -0.2) is 4.68 Å². The highest BCUT2D eigenvalue weighted by Crippen LogP contribution is 2.16. The molecule has 0 amide bonds. The summed E-state index contributed by atoms with van der Waals surface area (Å²) in [7, 11) is 0. The lowest BCUT2D eigenvalue weighted by Crippen LogP contribution is -2.29. The van der Waals surface area contributed by atoms with Crippen LogP contribution in [0.2, 0.25) is 0 Å². The number of aliphatic hydroxyl groups is 1. The van der Waals surface area contributed by atoms with Gasteiger partial charge in [0.1, 0.15) is 0 Å². The largest absolute Gasteiger partial charge is 0.396 e. The molecule has 1 aliphatic rings. The minimum absolute atomic E-state index is 0.144. The molecular formula is C9H16N4O. The fraction of sp³-hybridized carbons (Fsp3) is 0.778. The zero-order valence-electron chi connectivity index (χ0n) is 8.19. The Labute approximate surface area is 83.1 Å². The molecule has 0 saturated carbocycles. The molecule has 0 unspecified atom stereocenters. The Morgan fingerprint density at radius 2 is 2.29 bits per heavy atom. The van der Waals surface area contributed by atoms with E-state index in [2.05, 4.69) is 15.6 Å². The van der Waals surface area contributed by atoms with E-state index in [0.29, 0.717) is 12.5 Å². The summed E-state index contributed by atoms with van der Waals surface area (Å²) < 4.78 is 1.94. The molecule has 0 radical (unpaired) electrons. The van der Waals surface area contributed by atoms with E-state index in [1.54, 1.807) is 0 Å². The van der Waals surface area contributed by atoms with Crippen LogP contribution in [0.25, 0.3) is 0 Å². The molecule has 1 aromatic rings. The van der Waals surface area contributed by atoms with Gasteiger partial charge in [-0.15, -0.1) is 5.10 Å². The molecule has 1 saturated heterocycles. The Kier molecular flexibility index (Phi) is 3.10. The first-order chi connectivity index (χ1) is 6.90. The van der Waals surface area contributed by atoms with Gasteiger partial charge in [0.15, 0.2) is 0 Å².